The van der Waals surface area contributed by atoms with E-state index in [4.69, 9.17) is 21.1 Å². The topological polar surface area (TPSA) is 118 Å². The summed E-state index contributed by atoms with van der Waals surface area (Å²) < 4.78 is 51.0. The van der Waals surface area contributed by atoms with E-state index >= 15 is 0 Å². The van der Waals surface area contributed by atoms with Gasteiger partial charge in [0, 0.05) is 5.56 Å². The average Bonchev–Trinajstić information content (AvgIpc) is 2.85. The number of phenolic OH excluding ortho intramolecular Hbond substituents is 1. The maximum absolute atomic E-state index is 12.3. The molecule has 0 spiro atoms. The van der Waals surface area contributed by atoms with Gasteiger partial charge in [-0.2, -0.15) is 5.10 Å². The number of hydrogen-bond acceptors (Lipinski definition) is 7. The molecule has 3 N–H and O–H groups in total. The van der Waals surface area contributed by atoms with Crippen LogP contribution < -0.4 is 25.0 Å². The van der Waals surface area contributed by atoms with E-state index in [9.17, 15) is 27.9 Å². The zero-order chi connectivity index (χ0) is 27.0. The average molecular weight is 538 g/mol. The van der Waals surface area contributed by atoms with Crippen molar-refractivity contribution in [2.45, 2.75) is 6.36 Å². The third kappa shape index (κ3) is 8.32. The monoisotopic (exact) mass is 537 g/mol. The Morgan fingerprint density at radius 2 is 1.76 bits per heavy atom. The van der Waals surface area contributed by atoms with Gasteiger partial charge in [-0.1, -0.05) is 17.7 Å². The van der Waals surface area contributed by atoms with E-state index in [0.29, 0.717) is 17.0 Å². The molecule has 194 valence electrons. The second-order valence-electron chi connectivity index (χ2n) is 7.18. The molecule has 0 bridgehead atoms. The lowest BCUT2D eigenvalue weighted by atomic mass is 10.2. The lowest BCUT2D eigenvalue weighted by Gasteiger charge is -2.12. The minimum atomic E-state index is -4.81. The Morgan fingerprint density at radius 1 is 1.05 bits per heavy atom. The van der Waals surface area contributed by atoms with E-state index in [0.717, 1.165) is 12.1 Å². The van der Waals surface area contributed by atoms with Crippen LogP contribution in [0.25, 0.3) is 0 Å². The smallest absolute Gasteiger partial charge is 0.506 e. The number of phenols is 1. The van der Waals surface area contributed by atoms with Crippen LogP contribution >= 0.6 is 11.6 Å². The number of carbonyl (C=O) groups excluding carboxylic acids is 2. The maximum atomic E-state index is 12.3. The Bertz CT molecular complexity index is 1300. The zero-order valence-corrected chi connectivity index (χ0v) is 19.8. The fourth-order valence-corrected chi connectivity index (χ4v) is 3.02. The summed E-state index contributed by atoms with van der Waals surface area (Å²) in [6, 6.07) is 13.3. The molecule has 13 heteroatoms. The Labute approximate surface area is 213 Å². The quantitative estimate of drug-likeness (QED) is 0.268. The van der Waals surface area contributed by atoms with Crippen LogP contribution in [0.1, 0.15) is 15.9 Å². The summed E-state index contributed by atoms with van der Waals surface area (Å²) in [6.45, 7) is -0.418. The number of aromatic hydroxyl groups is 1. The Hall–Kier alpha value is -4.45. The Kier molecular flexibility index (Phi) is 8.80. The summed E-state index contributed by atoms with van der Waals surface area (Å²) in [5.41, 5.74) is 3.38. The van der Waals surface area contributed by atoms with Crippen molar-refractivity contribution in [3.63, 3.8) is 0 Å². The molecule has 3 aromatic carbocycles. The molecule has 0 aliphatic carbocycles. The number of methoxy groups -OCH3 is 1. The van der Waals surface area contributed by atoms with Gasteiger partial charge in [0.2, 0.25) is 0 Å². The molecule has 0 atom stereocenters. The number of halogens is 4. The van der Waals surface area contributed by atoms with Crippen LogP contribution in [0.2, 0.25) is 5.02 Å². The number of anilines is 1. The minimum Gasteiger partial charge on any atom is -0.506 e. The number of amides is 2. The largest absolute Gasteiger partial charge is 0.573 e. The molecule has 0 aliphatic heterocycles. The standard InChI is InChI=1S/C24H19ClF3N3O6/c1-35-21-10-14(12-29-31-23(34)15-3-9-20(32)18(25)11-15)2-8-19(21)30-22(33)13-36-16-4-6-17(7-5-16)37-24(26,27)28/h2-12,32H,13H2,1H3,(H,30,33)(H,31,34)/b29-12+. The van der Waals surface area contributed by atoms with Crippen LogP contribution in [0.15, 0.2) is 65.8 Å². The number of hydrogen-bond donors (Lipinski definition) is 3. The van der Waals surface area contributed by atoms with Crippen molar-refractivity contribution in [1.29, 1.82) is 0 Å². The van der Waals surface area contributed by atoms with Gasteiger partial charge < -0.3 is 24.6 Å². The first-order valence-electron chi connectivity index (χ1n) is 10.3. The van der Waals surface area contributed by atoms with Crippen molar-refractivity contribution >= 4 is 35.3 Å². The third-order valence-electron chi connectivity index (χ3n) is 4.52. The fourth-order valence-electron chi connectivity index (χ4n) is 2.84. The summed E-state index contributed by atoms with van der Waals surface area (Å²) in [7, 11) is 1.39. The summed E-state index contributed by atoms with van der Waals surface area (Å²) in [6.07, 6.45) is -3.46. The third-order valence-corrected chi connectivity index (χ3v) is 4.82. The molecule has 0 aliphatic rings. The number of benzene rings is 3. The lowest BCUT2D eigenvalue weighted by molar-refractivity contribution is -0.274. The first-order chi connectivity index (χ1) is 17.5. The van der Waals surface area contributed by atoms with Crippen LogP contribution in [-0.2, 0) is 4.79 Å². The Morgan fingerprint density at radius 3 is 2.41 bits per heavy atom. The molecule has 0 unspecified atom stereocenters. The van der Waals surface area contributed by atoms with Crippen LogP contribution in [-0.4, -0.2) is 43.2 Å². The van der Waals surface area contributed by atoms with Gasteiger partial charge in [0.05, 0.1) is 24.0 Å². The molecular formula is C24H19ClF3N3O6. The van der Waals surface area contributed by atoms with Crippen molar-refractivity contribution in [3.05, 3.63) is 76.8 Å². The van der Waals surface area contributed by atoms with E-state index in [1.165, 1.54) is 43.7 Å². The molecule has 37 heavy (non-hydrogen) atoms. The van der Waals surface area contributed by atoms with Crippen molar-refractivity contribution in [1.82, 2.24) is 5.43 Å². The summed E-state index contributed by atoms with van der Waals surface area (Å²) in [5, 5.41) is 15.9. The number of nitrogens with zero attached hydrogens (tertiary/aromatic N) is 1. The highest BCUT2D eigenvalue weighted by molar-refractivity contribution is 6.32. The number of alkyl halides is 3. The van der Waals surface area contributed by atoms with E-state index in [-0.39, 0.29) is 22.1 Å². The molecule has 2 amide bonds. The molecule has 3 rings (SSSR count). The van der Waals surface area contributed by atoms with E-state index < -0.39 is 30.5 Å². The molecule has 0 saturated heterocycles. The van der Waals surface area contributed by atoms with Crippen molar-refractivity contribution in [2.24, 2.45) is 5.10 Å². The van der Waals surface area contributed by atoms with Crippen molar-refractivity contribution in [3.8, 4) is 23.0 Å². The molecule has 0 radical (unpaired) electrons. The second kappa shape index (κ2) is 12.0. The number of nitrogens with one attached hydrogen (secondary N) is 2. The van der Waals surface area contributed by atoms with Crippen molar-refractivity contribution in [2.75, 3.05) is 19.0 Å². The predicted octanol–water partition coefficient (Wildman–Crippen LogP) is 4.73. The van der Waals surface area contributed by atoms with Crippen molar-refractivity contribution < 1.29 is 42.1 Å². The van der Waals surface area contributed by atoms with Gasteiger partial charge in [0.25, 0.3) is 11.8 Å². The number of carbonyl (C=O) groups is 2. The molecule has 0 fully saturated rings. The lowest BCUT2D eigenvalue weighted by Crippen LogP contribution is -2.20. The fraction of sp³-hybridized carbons (Fsp3) is 0.125. The normalized spacial score (nSPS) is 11.2. The first-order valence-corrected chi connectivity index (χ1v) is 10.7. The zero-order valence-electron chi connectivity index (χ0n) is 19.0. The first kappa shape index (κ1) is 27.1. The molecule has 0 heterocycles. The summed E-state index contributed by atoms with van der Waals surface area (Å²) in [5.74, 6) is -1.20. The van der Waals surface area contributed by atoms with E-state index in [1.54, 1.807) is 18.2 Å². The highest BCUT2D eigenvalue weighted by Crippen LogP contribution is 2.27. The Balaban J connectivity index is 1.54. The number of hydrazone groups is 1. The molecule has 0 aromatic heterocycles. The van der Waals surface area contributed by atoms with Gasteiger partial charge in [-0.15, -0.1) is 13.2 Å². The highest BCUT2D eigenvalue weighted by Gasteiger charge is 2.31. The number of ether oxygens (including phenoxy) is 3. The highest BCUT2D eigenvalue weighted by atomic mass is 35.5. The SMILES string of the molecule is COc1cc(/C=N/NC(=O)c2ccc(O)c(Cl)c2)ccc1NC(=O)COc1ccc(OC(F)(F)F)cc1. The van der Waals surface area contributed by atoms with Gasteiger partial charge >= 0.3 is 6.36 Å². The van der Waals surface area contributed by atoms with Crippen LogP contribution in [0.5, 0.6) is 23.0 Å². The molecular weight excluding hydrogens is 519 g/mol. The van der Waals surface area contributed by atoms with Gasteiger partial charge in [-0.05, 0) is 60.2 Å². The van der Waals surface area contributed by atoms with E-state index in [1.807, 2.05) is 0 Å². The number of rotatable bonds is 9. The summed E-state index contributed by atoms with van der Waals surface area (Å²) >= 11 is 5.79. The van der Waals surface area contributed by atoms with Gasteiger partial charge in [-0.3, -0.25) is 9.59 Å². The van der Waals surface area contributed by atoms with Crippen LogP contribution in [0.4, 0.5) is 18.9 Å². The minimum absolute atomic E-state index is 0.0258. The van der Waals surface area contributed by atoms with Crippen LogP contribution in [0, 0.1) is 0 Å². The molecule has 9 nitrogen and oxygen atoms in total. The molecule has 3 aromatic rings. The van der Waals surface area contributed by atoms with Gasteiger partial charge in [0.1, 0.15) is 23.0 Å². The van der Waals surface area contributed by atoms with Gasteiger partial charge in [-0.25, -0.2) is 5.43 Å². The van der Waals surface area contributed by atoms with Gasteiger partial charge in [0.15, 0.2) is 6.61 Å². The predicted molar refractivity (Wildman–Crippen MR) is 128 cm³/mol. The summed E-state index contributed by atoms with van der Waals surface area (Å²) in [4.78, 5) is 24.4. The van der Waals surface area contributed by atoms with E-state index in [2.05, 4.69) is 20.6 Å². The molecule has 0 saturated carbocycles. The van der Waals surface area contributed by atoms with Crippen LogP contribution in [0.3, 0.4) is 0 Å². The maximum Gasteiger partial charge on any atom is 0.573 e. The second-order valence-corrected chi connectivity index (χ2v) is 7.59.